The van der Waals surface area contributed by atoms with Gasteiger partial charge in [0.2, 0.25) is 11.8 Å². The number of nitrogens with one attached hydrogen (secondary N) is 1. The van der Waals surface area contributed by atoms with Gasteiger partial charge < -0.3 is 10.2 Å². The minimum atomic E-state index is -4.21. The van der Waals surface area contributed by atoms with Gasteiger partial charge in [0.05, 0.1) is 10.6 Å². The van der Waals surface area contributed by atoms with Gasteiger partial charge in [0.1, 0.15) is 12.6 Å². The molecule has 3 rings (SSSR count). The minimum Gasteiger partial charge on any atom is -0.354 e. The Bertz CT molecular complexity index is 1380. The maximum Gasteiger partial charge on any atom is 0.264 e. The second-order valence-corrected chi connectivity index (χ2v) is 12.1. The summed E-state index contributed by atoms with van der Waals surface area (Å²) in [6, 6.07) is 17.9. The number of sulfonamides is 1. The topological polar surface area (TPSA) is 86.8 Å². The fourth-order valence-electron chi connectivity index (χ4n) is 3.80. The van der Waals surface area contributed by atoms with Crippen molar-refractivity contribution in [2.75, 3.05) is 17.4 Å². The molecule has 1 atom stereocenters. The second kappa shape index (κ2) is 14.0. The third kappa shape index (κ3) is 8.35. The molecule has 2 amide bonds. The average Bonchev–Trinajstić information content (AvgIpc) is 2.91. The molecule has 0 heterocycles. The lowest BCUT2D eigenvalue weighted by atomic mass is 10.1. The molecule has 0 aromatic heterocycles. The highest BCUT2D eigenvalue weighted by Gasteiger charge is 2.32. The normalized spacial score (nSPS) is 12.0. The van der Waals surface area contributed by atoms with E-state index in [0.29, 0.717) is 21.6 Å². The molecule has 0 saturated heterocycles. The van der Waals surface area contributed by atoms with Gasteiger partial charge in [0, 0.05) is 28.2 Å². The molecule has 0 aliphatic heterocycles. The van der Waals surface area contributed by atoms with Crippen LogP contribution in [0.15, 0.2) is 77.7 Å². The van der Waals surface area contributed by atoms with Crippen molar-refractivity contribution in [3.05, 3.63) is 93.4 Å². The largest absolute Gasteiger partial charge is 0.354 e. The molecule has 3 aromatic carbocycles. The van der Waals surface area contributed by atoms with Gasteiger partial charge in [-0.05, 0) is 73.5 Å². The lowest BCUT2D eigenvalue weighted by molar-refractivity contribution is -0.139. The third-order valence-electron chi connectivity index (χ3n) is 6.04. The molecular formula is C28H30Cl3N3O4S. The van der Waals surface area contributed by atoms with Crippen LogP contribution in [0.1, 0.15) is 32.3 Å². The molecule has 0 aliphatic carbocycles. The summed E-state index contributed by atoms with van der Waals surface area (Å²) in [5.74, 6) is -0.902. The SMILES string of the molecule is CCCCNC(=O)[C@@H](C)N(Cc1ccc(Cl)cc1)C(=O)CN(c1cccc(Cl)c1)S(=O)(=O)c1ccc(Cl)cc1. The third-order valence-corrected chi connectivity index (χ3v) is 8.57. The van der Waals surface area contributed by atoms with Gasteiger partial charge in [0.25, 0.3) is 10.0 Å². The van der Waals surface area contributed by atoms with Gasteiger partial charge in [-0.2, -0.15) is 0 Å². The van der Waals surface area contributed by atoms with E-state index in [2.05, 4.69) is 5.32 Å². The smallest absolute Gasteiger partial charge is 0.264 e. The van der Waals surface area contributed by atoms with Crippen molar-refractivity contribution < 1.29 is 18.0 Å². The molecule has 1 N–H and O–H groups in total. The van der Waals surface area contributed by atoms with E-state index in [1.807, 2.05) is 6.92 Å². The van der Waals surface area contributed by atoms with Crippen LogP contribution in [0.3, 0.4) is 0 Å². The van der Waals surface area contributed by atoms with Crippen LogP contribution in [-0.4, -0.2) is 44.3 Å². The lowest BCUT2D eigenvalue weighted by Gasteiger charge is -2.32. The van der Waals surface area contributed by atoms with Crippen LogP contribution in [0.5, 0.6) is 0 Å². The fraction of sp³-hybridized carbons (Fsp3) is 0.286. The fourth-order valence-corrected chi connectivity index (χ4v) is 5.64. The predicted octanol–water partition coefficient (Wildman–Crippen LogP) is 6.18. The van der Waals surface area contributed by atoms with Crippen LogP contribution < -0.4 is 9.62 Å². The van der Waals surface area contributed by atoms with Crippen molar-refractivity contribution in [1.29, 1.82) is 0 Å². The number of amides is 2. The van der Waals surface area contributed by atoms with E-state index in [4.69, 9.17) is 34.8 Å². The summed E-state index contributed by atoms with van der Waals surface area (Å²) in [6.07, 6.45) is 1.70. The number of carbonyl (C=O) groups is 2. The summed E-state index contributed by atoms with van der Waals surface area (Å²) < 4.78 is 28.5. The summed E-state index contributed by atoms with van der Waals surface area (Å²) in [5, 5.41) is 4.06. The Morgan fingerprint density at radius 3 is 2.10 bits per heavy atom. The van der Waals surface area contributed by atoms with Crippen molar-refractivity contribution in [2.45, 2.75) is 44.2 Å². The zero-order chi connectivity index (χ0) is 28.6. The van der Waals surface area contributed by atoms with Crippen molar-refractivity contribution >= 4 is 62.3 Å². The number of nitrogens with zero attached hydrogens (tertiary/aromatic N) is 2. The van der Waals surface area contributed by atoms with E-state index in [0.717, 1.165) is 22.7 Å². The lowest BCUT2D eigenvalue weighted by Crippen LogP contribution is -2.51. The van der Waals surface area contributed by atoms with Crippen molar-refractivity contribution in [3.63, 3.8) is 0 Å². The molecular weight excluding hydrogens is 581 g/mol. The number of unbranched alkanes of at least 4 members (excludes halogenated alkanes) is 1. The van der Waals surface area contributed by atoms with E-state index >= 15 is 0 Å². The van der Waals surface area contributed by atoms with Gasteiger partial charge in [-0.3, -0.25) is 13.9 Å². The average molecular weight is 611 g/mol. The van der Waals surface area contributed by atoms with Crippen LogP contribution >= 0.6 is 34.8 Å². The summed E-state index contributed by atoms with van der Waals surface area (Å²) in [7, 11) is -4.21. The number of benzene rings is 3. The summed E-state index contributed by atoms with van der Waals surface area (Å²) >= 11 is 18.2. The summed E-state index contributed by atoms with van der Waals surface area (Å²) in [4.78, 5) is 28.1. The first-order chi connectivity index (χ1) is 18.5. The molecule has 39 heavy (non-hydrogen) atoms. The number of halogens is 3. The monoisotopic (exact) mass is 609 g/mol. The molecule has 7 nitrogen and oxygen atoms in total. The van der Waals surface area contributed by atoms with E-state index in [1.54, 1.807) is 49.4 Å². The highest BCUT2D eigenvalue weighted by molar-refractivity contribution is 7.92. The van der Waals surface area contributed by atoms with Crippen molar-refractivity contribution in [3.8, 4) is 0 Å². The van der Waals surface area contributed by atoms with E-state index in [9.17, 15) is 18.0 Å². The molecule has 208 valence electrons. The quantitative estimate of drug-likeness (QED) is 0.248. The Balaban J connectivity index is 1.99. The molecule has 3 aromatic rings. The highest BCUT2D eigenvalue weighted by atomic mass is 35.5. The van der Waals surface area contributed by atoms with Gasteiger partial charge in [0.15, 0.2) is 0 Å². The van der Waals surface area contributed by atoms with Gasteiger partial charge in [-0.15, -0.1) is 0 Å². The molecule has 0 saturated carbocycles. The zero-order valence-corrected chi connectivity index (χ0v) is 24.7. The van der Waals surface area contributed by atoms with Crippen molar-refractivity contribution in [2.24, 2.45) is 0 Å². The van der Waals surface area contributed by atoms with Crippen molar-refractivity contribution in [1.82, 2.24) is 10.2 Å². The van der Waals surface area contributed by atoms with Crippen LogP contribution in [0.4, 0.5) is 5.69 Å². The Hall–Kier alpha value is -2.78. The van der Waals surface area contributed by atoms with Gasteiger partial charge in [-0.1, -0.05) is 66.3 Å². The number of anilines is 1. The molecule has 0 bridgehead atoms. The Morgan fingerprint density at radius 2 is 1.51 bits per heavy atom. The summed E-state index contributed by atoms with van der Waals surface area (Å²) in [5.41, 5.74) is 0.938. The van der Waals surface area contributed by atoms with E-state index in [-0.39, 0.29) is 23.0 Å². The maximum absolute atomic E-state index is 13.9. The minimum absolute atomic E-state index is 0.0470. The zero-order valence-electron chi connectivity index (χ0n) is 21.6. The highest BCUT2D eigenvalue weighted by Crippen LogP contribution is 2.27. The standard InChI is InChI=1S/C28H30Cl3N3O4S/c1-3-4-16-32-28(36)20(2)33(18-21-8-10-22(29)11-9-21)27(35)19-34(25-7-5-6-24(31)17-25)39(37,38)26-14-12-23(30)13-15-26/h5-15,17,20H,3-4,16,18-19H2,1-2H3,(H,32,36)/t20-/m1/s1. The first-order valence-corrected chi connectivity index (χ1v) is 15.0. The molecule has 0 unspecified atom stereocenters. The van der Waals surface area contributed by atoms with E-state index in [1.165, 1.54) is 35.2 Å². The van der Waals surface area contributed by atoms with Gasteiger partial charge >= 0.3 is 0 Å². The first-order valence-electron chi connectivity index (χ1n) is 12.4. The van der Waals surface area contributed by atoms with E-state index < -0.39 is 28.5 Å². The second-order valence-electron chi connectivity index (χ2n) is 8.91. The van der Waals surface area contributed by atoms with Crippen LogP contribution in [0, 0.1) is 0 Å². The number of hydrogen-bond acceptors (Lipinski definition) is 4. The predicted molar refractivity (Wildman–Crippen MR) is 157 cm³/mol. The Kier molecular flexibility index (Phi) is 11.1. The van der Waals surface area contributed by atoms with Crippen LogP contribution in [-0.2, 0) is 26.2 Å². The molecule has 11 heteroatoms. The Labute approximate surface area is 244 Å². The number of rotatable bonds is 12. The van der Waals surface area contributed by atoms with Crippen LogP contribution in [0.25, 0.3) is 0 Å². The first kappa shape index (κ1) is 30.8. The van der Waals surface area contributed by atoms with Crippen LogP contribution in [0.2, 0.25) is 15.1 Å². The Morgan fingerprint density at radius 1 is 0.897 bits per heavy atom. The van der Waals surface area contributed by atoms with Gasteiger partial charge in [-0.25, -0.2) is 8.42 Å². The number of carbonyl (C=O) groups excluding carboxylic acids is 2. The molecule has 0 spiro atoms. The number of hydrogen-bond donors (Lipinski definition) is 1. The molecule has 0 fully saturated rings. The molecule has 0 radical (unpaired) electrons. The summed E-state index contributed by atoms with van der Waals surface area (Å²) in [6.45, 7) is 3.61. The molecule has 0 aliphatic rings. The maximum atomic E-state index is 13.9.